The Balaban J connectivity index is 1.28. The molecule has 0 aliphatic carbocycles. The molecule has 0 N–H and O–H groups in total. The molecule has 7 aromatic carbocycles. The van der Waals surface area contributed by atoms with Gasteiger partial charge in [0.15, 0.2) is 0 Å². The molecule has 0 aromatic heterocycles. The van der Waals surface area contributed by atoms with E-state index >= 15 is 0 Å². The summed E-state index contributed by atoms with van der Waals surface area (Å²) in [6, 6.07) is 50.7. The number of aliphatic imine (C=N–C) groups is 2. The van der Waals surface area contributed by atoms with E-state index in [2.05, 4.69) is 171 Å². The molecule has 4 nitrogen and oxygen atoms in total. The van der Waals surface area contributed by atoms with Crippen LogP contribution >= 0.6 is 0 Å². The number of anilines is 6. The van der Waals surface area contributed by atoms with E-state index in [9.17, 15) is 0 Å². The predicted octanol–water partition coefficient (Wildman–Crippen LogP) is 7.08. The normalized spacial score (nSPS) is 15.6. The Bertz CT molecular complexity index is 2700. The standard InChI is InChI=1S/C50H40B2N4/c1-29-13-19-33(20-14-29)55-43-11-7-9-35-47(43)51(39-23-17-31(3)25-37(39)49(35)53-5)41-27-42-46(28-45(41)55)56(34-21-15-30(2)16-22-34)44-12-8-10-36-48(44)52(42)40-24-18-32(4)26-38(40)50(36)54-6/h7-28H,1-6H3. The van der Waals surface area contributed by atoms with Crippen molar-refractivity contribution in [2.45, 2.75) is 27.7 Å². The first-order valence-corrected chi connectivity index (χ1v) is 19.7. The van der Waals surface area contributed by atoms with Crippen molar-refractivity contribution in [2.24, 2.45) is 9.98 Å². The molecule has 0 saturated heterocycles. The van der Waals surface area contributed by atoms with Crippen LogP contribution in [-0.2, 0) is 0 Å². The quantitative estimate of drug-likeness (QED) is 0.179. The molecule has 0 amide bonds. The molecular weight excluding hydrogens is 678 g/mol. The van der Waals surface area contributed by atoms with Crippen LogP contribution in [0.4, 0.5) is 34.1 Å². The van der Waals surface area contributed by atoms with Gasteiger partial charge in [0.2, 0.25) is 13.4 Å². The summed E-state index contributed by atoms with van der Waals surface area (Å²) in [7, 11) is 3.88. The zero-order valence-corrected chi connectivity index (χ0v) is 32.6. The van der Waals surface area contributed by atoms with Gasteiger partial charge in [-0.15, -0.1) is 0 Å². The summed E-state index contributed by atoms with van der Waals surface area (Å²) in [5, 5.41) is 0. The van der Waals surface area contributed by atoms with Gasteiger partial charge in [-0.1, -0.05) is 124 Å². The predicted molar refractivity (Wildman–Crippen MR) is 240 cm³/mol. The summed E-state index contributed by atoms with van der Waals surface area (Å²) < 4.78 is 0. The average Bonchev–Trinajstić information content (AvgIpc) is 3.21. The molecule has 0 radical (unpaired) electrons. The minimum absolute atomic E-state index is 0.0302. The summed E-state index contributed by atoms with van der Waals surface area (Å²) in [6.07, 6.45) is 0. The monoisotopic (exact) mass is 718 g/mol. The van der Waals surface area contributed by atoms with Crippen molar-refractivity contribution in [3.8, 4) is 0 Å². The Labute approximate surface area is 330 Å². The fourth-order valence-electron chi connectivity index (χ4n) is 10.2. The number of rotatable bonds is 2. The zero-order valence-electron chi connectivity index (χ0n) is 32.6. The second-order valence-electron chi connectivity index (χ2n) is 16.0. The summed E-state index contributed by atoms with van der Waals surface area (Å²) >= 11 is 0. The Morgan fingerprint density at radius 3 is 1.20 bits per heavy atom. The SMILES string of the molecule is CN=C1c2cc(C)ccc2B2c3cc4c(cc3N(c3ccc(C)cc3)c3cccc1c32)N(c1ccc(C)cc1)c1cccc2c1B4c1ccc(C)cc1C2=NC. The molecule has 0 spiro atoms. The van der Waals surface area contributed by atoms with Gasteiger partial charge in [0, 0.05) is 48.2 Å². The van der Waals surface area contributed by atoms with Crippen LogP contribution in [0, 0.1) is 27.7 Å². The van der Waals surface area contributed by atoms with Crippen molar-refractivity contribution in [2.75, 3.05) is 23.9 Å². The van der Waals surface area contributed by atoms with E-state index in [0.29, 0.717) is 0 Å². The molecular formula is C50H40B2N4. The highest BCUT2D eigenvalue weighted by molar-refractivity contribution is 7.03. The van der Waals surface area contributed by atoms with Crippen LogP contribution in [-0.4, -0.2) is 38.9 Å². The van der Waals surface area contributed by atoms with E-state index in [1.807, 2.05) is 14.1 Å². The Kier molecular flexibility index (Phi) is 7.10. The number of hydrogen-bond acceptors (Lipinski definition) is 4. The first kappa shape index (κ1) is 33.0. The fourth-order valence-corrected chi connectivity index (χ4v) is 10.2. The number of hydrogen-bond donors (Lipinski definition) is 0. The summed E-state index contributed by atoms with van der Waals surface area (Å²) in [5.74, 6) is 0. The third-order valence-corrected chi connectivity index (χ3v) is 12.6. The van der Waals surface area contributed by atoms with Crippen molar-refractivity contribution >= 4 is 91.8 Å². The molecule has 7 aromatic rings. The highest BCUT2D eigenvalue weighted by atomic mass is 15.2. The minimum atomic E-state index is 0.0302. The maximum Gasteiger partial charge on any atom is 0.248 e. The molecule has 6 heteroatoms. The van der Waals surface area contributed by atoms with Crippen molar-refractivity contribution < 1.29 is 0 Å². The van der Waals surface area contributed by atoms with Crippen molar-refractivity contribution in [3.63, 3.8) is 0 Å². The van der Waals surface area contributed by atoms with E-state index in [0.717, 1.165) is 22.8 Å². The lowest BCUT2D eigenvalue weighted by molar-refractivity contribution is 1.25. The van der Waals surface area contributed by atoms with Gasteiger partial charge >= 0.3 is 0 Å². The van der Waals surface area contributed by atoms with Crippen molar-refractivity contribution in [1.82, 2.24) is 0 Å². The van der Waals surface area contributed by atoms with E-state index in [1.165, 1.54) is 100 Å². The smallest absolute Gasteiger partial charge is 0.248 e. The average molecular weight is 719 g/mol. The minimum Gasteiger partial charge on any atom is -0.311 e. The molecule has 4 aliphatic rings. The highest BCUT2D eigenvalue weighted by Gasteiger charge is 2.47. The van der Waals surface area contributed by atoms with Gasteiger partial charge in [0.25, 0.3) is 0 Å². The van der Waals surface area contributed by atoms with E-state index in [4.69, 9.17) is 9.98 Å². The number of aryl methyl sites for hydroxylation is 4. The van der Waals surface area contributed by atoms with Gasteiger partial charge in [0.05, 0.1) is 11.4 Å². The Morgan fingerprint density at radius 2 is 0.786 bits per heavy atom. The number of benzene rings is 7. The second-order valence-corrected chi connectivity index (χ2v) is 16.0. The van der Waals surface area contributed by atoms with Gasteiger partial charge < -0.3 is 9.80 Å². The molecule has 0 saturated carbocycles. The lowest BCUT2D eigenvalue weighted by Crippen LogP contribution is -2.66. The first-order valence-electron chi connectivity index (χ1n) is 19.7. The molecule has 0 bridgehead atoms. The maximum absolute atomic E-state index is 4.99. The molecule has 0 unspecified atom stereocenters. The molecule has 0 atom stereocenters. The number of fused-ring (bicyclic) bond motifs is 8. The lowest BCUT2D eigenvalue weighted by Gasteiger charge is -2.45. The summed E-state index contributed by atoms with van der Waals surface area (Å²) in [4.78, 5) is 15.0. The zero-order chi connectivity index (χ0) is 38.0. The largest absolute Gasteiger partial charge is 0.311 e. The molecule has 0 fully saturated rings. The van der Waals surface area contributed by atoms with Crippen LogP contribution in [0.25, 0.3) is 0 Å². The lowest BCUT2D eigenvalue weighted by atomic mass is 9.29. The molecule has 56 heavy (non-hydrogen) atoms. The maximum atomic E-state index is 4.99. The van der Waals surface area contributed by atoms with Crippen LogP contribution < -0.4 is 42.6 Å². The van der Waals surface area contributed by atoms with E-state index < -0.39 is 0 Å². The fraction of sp³-hybridized carbons (Fsp3) is 0.120. The topological polar surface area (TPSA) is 31.2 Å². The highest BCUT2D eigenvalue weighted by Crippen LogP contribution is 2.44. The third-order valence-electron chi connectivity index (χ3n) is 12.6. The van der Waals surface area contributed by atoms with Gasteiger partial charge in [-0.05, 0) is 114 Å². The van der Waals surface area contributed by atoms with Crippen LogP contribution in [0.3, 0.4) is 0 Å². The summed E-state index contributed by atoms with van der Waals surface area (Å²) in [5.41, 5.74) is 27.0. The van der Waals surface area contributed by atoms with Crippen LogP contribution in [0.1, 0.15) is 44.5 Å². The Hall–Kier alpha value is -6.39. The van der Waals surface area contributed by atoms with Gasteiger partial charge in [-0.3, -0.25) is 9.98 Å². The molecule has 4 heterocycles. The third kappa shape index (κ3) is 4.50. The van der Waals surface area contributed by atoms with E-state index in [-0.39, 0.29) is 13.4 Å². The molecule has 266 valence electrons. The van der Waals surface area contributed by atoms with Gasteiger partial charge in [-0.2, -0.15) is 0 Å². The number of nitrogens with zero attached hydrogens (tertiary/aromatic N) is 4. The van der Waals surface area contributed by atoms with Gasteiger partial charge in [0.1, 0.15) is 0 Å². The van der Waals surface area contributed by atoms with Crippen molar-refractivity contribution in [1.29, 1.82) is 0 Å². The van der Waals surface area contributed by atoms with Crippen LogP contribution in [0.5, 0.6) is 0 Å². The summed E-state index contributed by atoms with van der Waals surface area (Å²) in [6.45, 7) is 8.77. The van der Waals surface area contributed by atoms with E-state index in [1.54, 1.807) is 0 Å². The molecule has 11 rings (SSSR count). The van der Waals surface area contributed by atoms with Crippen LogP contribution in [0.2, 0.25) is 0 Å². The van der Waals surface area contributed by atoms with Gasteiger partial charge in [-0.25, -0.2) is 0 Å². The molecule has 4 aliphatic heterocycles. The van der Waals surface area contributed by atoms with Crippen LogP contribution in [0.15, 0.2) is 143 Å². The Morgan fingerprint density at radius 1 is 0.375 bits per heavy atom. The second kappa shape index (κ2) is 12.1. The first-order chi connectivity index (χ1) is 27.3. The van der Waals surface area contributed by atoms with Crippen molar-refractivity contribution in [3.05, 3.63) is 178 Å².